The highest BCUT2D eigenvalue weighted by Crippen LogP contribution is 2.03. The van der Waals surface area contributed by atoms with Crippen molar-refractivity contribution in [2.75, 3.05) is 6.61 Å². The number of esters is 1. The SMILES string of the molecule is O=C1CC(=S)CCO1. The van der Waals surface area contributed by atoms with Gasteiger partial charge in [0.05, 0.1) is 13.0 Å². The van der Waals surface area contributed by atoms with Gasteiger partial charge >= 0.3 is 5.97 Å². The molecule has 0 unspecified atom stereocenters. The van der Waals surface area contributed by atoms with Crippen LogP contribution < -0.4 is 0 Å². The smallest absolute Gasteiger partial charge is 0.310 e. The summed E-state index contributed by atoms with van der Waals surface area (Å²) in [4.78, 5) is 11.2. The Morgan fingerprint density at radius 1 is 1.62 bits per heavy atom. The Bertz CT molecular complexity index is 116. The van der Waals surface area contributed by atoms with Crippen molar-refractivity contribution in [3.05, 3.63) is 0 Å². The molecule has 0 amide bonds. The van der Waals surface area contributed by atoms with Crippen LogP contribution in [0.25, 0.3) is 0 Å². The Morgan fingerprint density at radius 3 is 2.75 bits per heavy atom. The van der Waals surface area contributed by atoms with Crippen molar-refractivity contribution in [2.45, 2.75) is 12.8 Å². The fraction of sp³-hybridized carbons (Fsp3) is 0.600. The maximum atomic E-state index is 10.4. The highest BCUT2D eigenvalue weighted by Gasteiger charge is 2.12. The highest BCUT2D eigenvalue weighted by atomic mass is 32.1. The molecule has 0 atom stereocenters. The number of ether oxygens (including phenoxy) is 1. The molecule has 44 valence electrons. The first kappa shape index (κ1) is 5.69. The normalized spacial score (nSPS) is 20.5. The third-order valence-electron chi connectivity index (χ3n) is 0.985. The molecular formula is C5H6O2S. The van der Waals surface area contributed by atoms with Crippen LogP contribution in [-0.4, -0.2) is 17.4 Å². The van der Waals surface area contributed by atoms with E-state index in [1.165, 1.54) is 0 Å². The predicted octanol–water partition coefficient (Wildman–Crippen LogP) is 0.693. The second-order valence-corrected chi connectivity index (χ2v) is 2.26. The summed E-state index contributed by atoms with van der Waals surface area (Å²) >= 11 is 4.78. The van der Waals surface area contributed by atoms with Crippen LogP contribution in [0, 0.1) is 0 Å². The molecular weight excluding hydrogens is 124 g/mol. The van der Waals surface area contributed by atoms with Gasteiger partial charge in [0.25, 0.3) is 0 Å². The van der Waals surface area contributed by atoms with E-state index in [1.807, 2.05) is 0 Å². The summed E-state index contributed by atoms with van der Waals surface area (Å²) in [5.41, 5.74) is 0. The molecule has 2 nitrogen and oxygen atoms in total. The predicted molar refractivity (Wildman–Crippen MR) is 32.8 cm³/mol. The minimum atomic E-state index is -0.179. The van der Waals surface area contributed by atoms with Gasteiger partial charge in [0, 0.05) is 11.3 Å². The number of carbonyl (C=O) groups is 1. The van der Waals surface area contributed by atoms with Gasteiger partial charge in [-0.25, -0.2) is 0 Å². The summed E-state index contributed by atoms with van der Waals surface area (Å²) < 4.78 is 4.62. The molecule has 3 heteroatoms. The largest absolute Gasteiger partial charge is 0.465 e. The van der Waals surface area contributed by atoms with Crippen molar-refractivity contribution in [3.63, 3.8) is 0 Å². The summed E-state index contributed by atoms with van der Waals surface area (Å²) in [5.74, 6) is -0.179. The lowest BCUT2D eigenvalue weighted by Crippen LogP contribution is -2.18. The van der Waals surface area contributed by atoms with Crippen molar-refractivity contribution < 1.29 is 9.53 Å². The molecule has 1 aliphatic heterocycles. The van der Waals surface area contributed by atoms with Crippen LogP contribution in [0.15, 0.2) is 0 Å². The average Bonchev–Trinajstić information content (AvgIpc) is 1.64. The van der Waals surface area contributed by atoms with Crippen molar-refractivity contribution in [1.29, 1.82) is 0 Å². The average molecular weight is 130 g/mol. The van der Waals surface area contributed by atoms with Crippen molar-refractivity contribution in [1.82, 2.24) is 0 Å². The van der Waals surface area contributed by atoms with Crippen molar-refractivity contribution in [3.8, 4) is 0 Å². The van der Waals surface area contributed by atoms with Gasteiger partial charge in [0.1, 0.15) is 0 Å². The molecule has 0 N–H and O–H groups in total. The summed E-state index contributed by atoms with van der Waals surface area (Å²) in [6, 6.07) is 0. The molecule has 0 aromatic carbocycles. The van der Waals surface area contributed by atoms with Crippen LogP contribution in [0.5, 0.6) is 0 Å². The lowest BCUT2D eigenvalue weighted by atomic mass is 10.2. The van der Waals surface area contributed by atoms with Crippen LogP contribution in [0.2, 0.25) is 0 Å². The van der Waals surface area contributed by atoms with Gasteiger partial charge in [-0.1, -0.05) is 12.2 Å². The lowest BCUT2D eigenvalue weighted by Gasteiger charge is -2.10. The highest BCUT2D eigenvalue weighted by molar-refractivity contribution is 7.80. The number of hydrogen-bond donors (Lipinski definition) is 0. The van der Waals surface area contributed by atoms with E-state index in [0.29, 0.717) is 13.0 Å². The zero-order valence-corrected chi connectivity index (χ0v) is 5.16. The van der Waals surface area contributed by atoms with E-state index in [-0.39, 0.29) is 5.97 Å². The molecule has 1 saturated heterocycles. The van der Waals surface area contributed by atoms with Gasteiger partial charge in [-0.15, -0.1) is 0 Å². The molecule has 0 spiro atoms. The molecule has 0 bridgehead atoms. The first-order valence-electron chi connectivity index (χ1n) is 2.46. The quantitative estimate of drug-likeness (QED) is 0.356. The molecule has 1 aliphatic rings. The monoisotopic (exact) mass is 130 g/mol. The molecule has 8 heavy (non-hydrogen) atoms. The zero-order valence-electron chi connectivity index (χ0n) is 4.35. The van der Waals surface area contributed by atoms with E-state index >= 15 is 0 Å². The van der Waals surface area contributed by atoms with Gasteiger partial charge < -0.3 is 4.74 Å². The van der Waals surface area contributed by atoms with Gasteiger partial charge in [-0.3, -0.25) is 4.79 Å². The Labute approximate surface area is 52.8 Å². The second kappa shape index (κ2) is 2.22. The molecule has 0 radical (unpaired) electrons. The number of hydrogen-bond acceptors (Lipinski definition) is 3. The summed E-state index contributed by atoms with van der Waals surface area (Å²) in [6.45, 7) is 0.484. The van der Waals surface area contributed by atoms with Crippen LogP contribution >= 0.6 is 12.2 Å². The van der Waals surface area contributed by atoms with Crippen LogP contribution in [-0.2, 0) is 9.53 Å². The third-order valence-corrected chi connectivity index (χ3v) is 1.33. The fourth-order valence-electron chi connectivity index (χ4n) is 0.579. The maximum absolute atomic E-state index is 10.4. The minimum Gasteiger partial charge on any atom is -0.465 e. The lowest BCUT2D eigenvalue weighted by molar-refractivity contribution is -0.143. The van der Waals surface area contributed by atoms with Crippen LogP contribution in [0.4, 0.5) is 0 Å². The molecule has 1 heterocycles. The number of rotatable bonds is 0. The Kier molecular flexibility index (Phi) is 1.58. The van der Waals surface area contributed by atoms with Crippen molar-refractivity contribution in [2.24, 2.45) is 0 Å². The summed E-state index contributed by atoms with van der Waals surface area (Å²) in [5, 5.41) is 0. The Morgan fingerprint density at radius 2 is 2.38 bits per heavy atom. The summed E-state index contributed by atoms with van der Waals surface area (Å²) in [6.07, 6.45) is 1.11. The van der Waals surface area contributed by atoms with Crippen LogP contribution in [0.3, 0.4) is 0 Å². The molecule has 0 aromatic rings. The van der Waals surface area contributed by atoms with Gasteiger partial charge in [0.2, 0.25) is 0 Å². The van der Waals surface area contributed by atoms with Gasteiger partial charge in [-0.2, -0.15) is 0 Å². The standard InChI is InChI=1S/C5H6O2S/c6-5-3-4(8)1-2-7-5/h1-3H2. The Balaban J connectivity index is 2.45. The second-order valence-electron chi connectivity index (χ2n) is 1.69. The number of carbonyl (C=O) groups excluding carboxylic acids is 1. The summed E-state index contributed by atoms with van der Waals surface area (Å²) in [7, 11) is 0. The molecule has 0 aromatic heterocycles. The van der Waals surface area contributed by atoms with E-state index in [1.54, 1.807) is 0 Å². The van der Waals surface area contributed by atoms with E-state index in [0.717, 1.165) is 11.3 Å². The van der Waals surface area contributed by atoms with E-state index in [2.05, 4.69) is 4.74 Å². The van der Waals surface area contributed by atoms with Crippen LogP contribution in [0.1, 0.15) is 12.8 Å². The number of thiocarbonyl (C=S) groups is 1. The Hall–Kier alpha value is -0.440. The first-order valence-corrected chi connectivity index (χ1v) is 2.87. The third kappa shape index (κ3) is 1.26. The molecule has 1 rings (SSSR count). The maximum Gasteiger partial charge on any atom is 0.310 e. The zero-order chi connectivity index (χ0) is 5.98. The van der Waals surface area contributed by atoms with Gasteiger partial charge in [0.15, 0.2) is 0 Å². The van der Waals surface area contributed by atoms with E-state index in [4.69, 9.17) is 12.2 Å². The topological polar surface area (TPSA) is 26.3 Å². The minimum absolute atomic E-state index is 0.179. The molecule has 0 aliphatic carbocycles. The first-order chi connectivity index (χ1) is 3.79. The van der Waals surface area contributed by atoms with E-state index in [9.17, 15) is 4.79 Å². The number of cyclic esters (lactones) is 1. The molecule has 0 saturated carbocycles. The van der Waals surface area contributed by atoms with Gasteiger partial charge in [-0.05, 0) is 0 Å². The molecule has 1 fully saturated rings. The van der Waals surface area contributed by atoms with E-state index < -0.39 is 0 Å². The fourth-order valence-corrected chi connectivity index (χ4v) is 0.780. The van der Waals surface area contributed by atoms with Crippen molar-refractivity contribution >= 4 is 23.1 Å².